The van der Waals surface area contributed by atoms with Gasteiger partial charge in [-0.1, -0.05) is 46.4 Å². The lowest BCUT2D eigenvalue weighted by Gasteiger charge is -2.45. The molecule has 0 radical (unpaired) electrons. The minimum Gasteiger partial charge on any atom is -0.362 e. The summed E-state index contributed by atoms with van der Waals surface area (Å²) in [6.07, 6.45) is 3.85. The highest BCUT2D eigenvalue weighted by atomic mass is 32.2. The largest absolute Gasteiger partial charge is 0.362 e. The summed E-state index contributed by atoms with van der Waals surface area (Å²) in [6.45, 7) is 14.2. The molecule has 0 aromatic heterocycles. The second-order valence-corrected chi connectivity index (χ2v) is 9.23. The van der Waals surface area contributed by atoms with Gasteiger partial charge in [-0.25, -0.2) is 0 Å². The Hall–Kier alpha value is -0.180. The van der Waals surface area contributed by atoms with Gasteiger partial charge in [0, 0.05) is 11.8 Å². The molecule has 110 valence electrons. The van der Waals surface area contributed by atoms with E-state index in [-0.39, 0.29) is 0 Å². The van der Waals surface area contributed by atoms with Gasteiger partial charge < -0.3 is 5.32 Å². The summed E-state index contributed by atoms with van der Waals surface area (Å²) in [4.78, 5) is 4.82. The average Bonchev–Trinajstić information content (AvgIpc) is 2.18. The molecule has 0 spiro atoms. The van der Waals surface area contributed by atoms with Gasteiger partial charge in [0.05, 0.1) is 6.04 Å². The van der Waals surface area contributed by atoms with Crippen LogP contribution in [0.25, 0.3) is 0 Å². The van der Waals surface area contributed by atoms with Gasteiger partial charge in [0.25, 0.3) is 0 Å². The molecule has 2 unspecified atom stereocenters. The van der Waals surface area contributed by atoms with Crippen LogP contribution in [0.5, 0.6) is 0 Å². The van der Waals surface area contributed by atoms with Crippen LogP contribution in [-0.4, -0.2) is 23.0 Å². The van der Waals surface area contributed by atoms with Crippen molar-refractivity contribution in [3.05, 3.63) is 0 Å². The molecule has 19 heavy (non-hydrogen) atoms. The molecule has 2 atom stereocenters. The number of amidine groups is 1. The maximum atomic E-state index is 4.82. The molecule has 2 nitrogen and oxygen atoms in total. The van der Waals surface area contributed by atoms with E-state index in [0.29, 0.717) is 28.8 Å². The van der Waals surface area contributed by atoms with Gasteiger partial charge >= 0.3 is 0 Å². The van der Waals surface area contributed by atoms with E-state index in [9.17, 15) is 0 Å². The van der Waals surface area contributed by atoms with E-state index in [4.69, 9.17) is 4.99 Å². The van der Waals surface area contributed by atoms with Crippen molar-refractivity contribution < 1.29 is 0 Å². The summed E-state index contributed by atoms with van der Waals surface area (Å²) in [5, 5.41) is 4.92. The Balaban J connectivity index is 2.01. The fourth-order valence-corrected chi connectivity index (χ4v) is 5.09. The lowest BCUT2D eigenvalue weighted by atomic mass is 9.63. The van der Waals surface area contributed by atoms with E-state index in [1.807, 2.05) is 11.8 Å². The van der Waals surface area contributed by atoms with Crippen LogP contribution in [0.2, 0.25) is 0 Å². The summed E-state index contributed by atoms with van der Waals surface area (Å²) in [5.41, 5.74) is 0.885. The zero-order valence-electron chi connectivity index (χ0n) is 13.4. The molecule has 2 rings (SSSR count). The van der Waals surface area contributed by atoms with Crippen molar-refractivity contribution >= 4 is 16.9 Å². The molecule has 1 heterocycles. The van der Waals surface area contributed by atoms with E-state index >= 15 is 0 Å². The van der Waals surface area contributed by atoms with Crippen molar-refractivity contribution in [2.45, 2.75) is 72.9 Å². The molecular formula is C16H30N2S. The second kappa shape index (κ2) is 5.31. The molecule has 1 fully saturated rings. The lowest BCUT2D eigenvalue weighted by Crippen LogP contribution is -2.46. The molecule has 0 saturated heterocycles. The van der Waals surface area contributed by atoms with Crippen molar-refractivity contribution in [1.82, 2.24) is 5.32 Å². The number of thioether (sulfide) groups is 1. The van der Waals surface area contributed by atoms with E-state index in [0.717, 1.165) is 0 Å². The maximum absolute atomic E-state index is 4.82. The Morgan fingerprint density at radius 1 is 1.11 bits per heavy atom. The first-order valence-electron chi connectivity index (χ1n) is 7.64. The van der Waals surface area contributed by atoms with E-state index in [2.05, 4.69) is 46.9 Å². The number of hydrogen-bond donors (Lipinski definition) is 1. The van der Waals surface area contributed by atoms with Gasteiger partial charge in [-0.3, -0.25) is 4.99 Å². The summed E-state index contributed by atoms with van der Waals surface area (Å²) < 4.78 is 0. The minimum absolute atomic E-state index is 0.443. The van der Waals surface area contributed by atoms with E-state index in [1.54, 1.807) is 0 Å². The zero-order chi connectivity index (χ0) is 14.3. The van der Waals surface area contributed by atoms with Gasteiger partial charge in [-0.05, 0) is 42.9 Å². The first-order chi connectivity index (χ1) is 8.67. The summed E-state index contributed by atoms with van der Waals surface area (Å²) in [5.74, 6) is 1.90. The molecule has 0 aromatic rings. The molecule has 1 saturated carbocycles. The van der Waals surface area contributed by atoms with Crippen LogP contribution in [0.4, 0.5) is 0 Å². The van der Waals surface area contributed by atoms with Gasteiger partial charge in [0.15, 0.2) is 5.17 Å². The third-order valence-electron chi connectivity index (χ3n) is 4.51. The number of hydrogen-bond acceptors (Lipinski definition) is 3. The highest BCUT2D eigenvalue weighted by Crippen LogP contribution is 2.45. The van der Waals surface area contributed by atoms with Crippen molar-refractivity contribution in [2.24, 2.45) is 21.7 Å². The van der Waals surface area contributed by atoms with Crippen molar-refractivity contribution in [3.8, 4) is 0 Å². The Bertz CT molecular complexity index is 344. The fraction of sp³-hybridized carbons (Fsp3) is 0.938. The molecule has 0 aromatic carbocycles. The van der Waals surface area contributed by atoms with E-state index in [1.165, 1.54) is 30.2 Å². The molecule has 1 aliphatic carbocycles. The van der Waals surface area contributed by atoms with Gasteiger partial charge in [-0.2, -0.15) is 0 Å². The summed E-state index contributed by atoms with van der Waals surface area (Å²) in [7, 11) is 0. The Morgan fingerprint density at radius 2 is 1.68 bits per heavy atom. The van der Waals surface area contributed by atoms with E-state index < -0.39 is 0 Å². The minimum atomic E-state index is 0.443. The molecule has 2 aliphatic rings. The van der Waals surface area contributed by atoms with Gasteiger partial charge in [0.1, 0.15) is 0 Å². The zero-order valence-corrected chi connectivity index (χ0v) is 14.2. The van der Waals surface area contributed by atoms with Crippen LogP contribution in [-0.2, 0) is 0 Å². The first kappa shape index (κ1) is 15.2. The Labute approximate surface area is 123 Å². The molecule has 3 heteroatoms. The van der Waals surface area contributed by atoms with Crippen LogP contribution in [0, 0.1) is 16.7 Å². The van der Waals surface area contributed by atoms with Crippen LogP contribution in [0.3, 0.4) is 0 Å². The number of nitrogens with zero attached hydrogens (tertiary/aromatic N) is 1. The number of aliphatic imine (C=N–C) groups is 1. The lowest BCUT2D eigenvalue weighted by molar-refractivity contribution is 0.0924. The highest BCUT2D eigenvalue weighted by Gasteiger charge is 2.38. The predicted molar refractivity (Wildman–Crippen MR) is 86.9 cm³/mol. The maximum Gasteiger partial charge on any atom is 0.157 e. The van der Waals surface area contributed by atoms with Gasteiger partial charge in [0.2, 0.25) is 0 Å². The highest BCUT2D eigenvalue weighted by molar-refractivity contribution is 8.13. The predicted octanol–water partition coefficient (Wildman–Crippen LogP) is 4.31. The average molecular weight is 282 g/mol. The standard InChI is InChI=1S/C16H30N2S/c1-11-9-19-14(17-12(11)2)18-13-7-15(3,4)10-16(5,6)8-13/h11-13H,7-10H2,1-6H3,(H,17,18). The fourth-order valence-electron chi connectivity index (χ4n) is 3.90. The Morgan fingerprint density at radius 3 is 2.21 bits per heavy atom. The smallest absolute Gasteiger partial charge is 0.157 e. The molecular weight excluding hydrogens is 252 g/mol. The van der Waals surface area contributed by atoms with Crippen LogP contribution in [0.15, 0.2) is 4.99 Å². The van der Waals surface area contributed by atoms with Crippen LogP contribution < -0.4 is 5.32 Å². The number of rotatable bonds is 1. The van der Waals surface area contributed by atoms with Crippen molar-refractivity contribution in [2.75, 3.05) is 5.75 Å². The van der Waals surface area contributed by atoms with Gasteiger partial charge in [-0.15, -0.1) is 0 Å². The summed E-state index contributed by atoms with van der Waals surface area (Å²) in [6, 6.07) is 1.05. The Kier molecular flexibility index (Phi) is 4.25. The summed E-state index contributed by atoms with van der Waals surface area (Å²) >= 11 is 1.91. The third kappa shape index (κ3) is 4.14. The van der Waals surface area contributed by atoms with Crippen molar-refractivity contribution in [3.63, 3.8) is 0 Å². The molecule has 1 aliphatic heterocycles. The first-order valence-corrected chi connectivity index (χ1v) is 8.63. The monoisotopic (exact) mass is 282 g/mol. The van der Waals surface area contributed by atoms with Crippen molar-refractivity contribution in [1.29, 1.82) is 0 Å². The normalized spacial score (nSPS) is 34.7. The molecule has 1 N–H and O–H groups in total. The van der Waals surface area contributed by atoms with Crippen LogP contribution >= 0.6 is 11.8 Å². The molecule has 0 amide bonds. The molecule has 0 bridgehead atoms. The second-order valence-electron chi connectivity index (χ2n) is 8.22. The quantitative estimate of drug-likeness (QED) is 0.775. The SMILES string of the molecule is CC1CSC(NC2CC(C)(C)CC(C)(C)C2)=NC1C. The van der Waals surface area contributed by atoms with Crippen LogP contribution in [0.1, 0.15) is 60.8 Å². The number of nitrogens with one attached hydrogen (secondary N) is 1. The topological polar surface area (TPSA) is 24.4 Å². The third-order valence-corrected chi connectivity index (χ3v) is 5.70.